The van der Waals surface area contributed by atoms with Crippen LogP contribution in [0.15, 0.2) is 49.1 Å². The Morgan fingerprint density at radius 3 is 2.83 bits per heavy atom. The SMILES string of the molecule is Cc1nnc2c(NCc3cnn(-c4ccc(Cl)cc4)c3)nccn12. The fourth-order valence-corrected chi connectivity index (χ4v) is 2.56. The number of fused-ring (bicyclic) bond motifs is 1. The Labute approximate surface area is 142 Å². The minimum Gasteiger partial charge on any atom is -0.363 e. The van der Waals surface area contributed by atoms with Crippen LogP contribution in [0, 0.1) is 6.92 Å². The molecule has 0 saturated heterocycles. The standard InChI is InChI=1S/C16H14ClN7/c1-11-21-22-16-15(18-6-7-23(11)16)19-8-12-9-20-24(10-12)14-4-2-13(17)3-5-14/h2-7,9-10H,8H2,1H3,(H,18,19). The lowest BCUT2D eigenvalue weighted by molar-refractivity contribution is 0.880. The van der Waals surface area contributed by atoms with Gasteiger partial charge in [-0.3, -0.25) is 4.40 Å². The van der Waals surface area contributed by atoms with Gasteiger partial charge in [-0.05, 0) is 31.2 Å². The molecule has 0 saturated carbocycles. The van der Waals surface area contributed by atoms with E-state index in [1.165, 1.54) is 0 Å². The van der Waals surface area contributed by atoms with Crippen molar-refractivity contribution in [2.45, 2.75) is 13.5 Å². The summed E-state index contributed by atoms with van der Waals surface area (Å²) in [6.07, 6.45) is 7.35. The highest BCUT2D eigenvalue weighted by Gasteiger charge is 2.08. The number of hydrogen-bond donors (Lipinski definition) is 1. The minimum atomic E-state index is 0.589. The molecular formula is C16H14ClN7. The first-order valence-electron chi connectivity index (χ1n) is 7.40. The van der Waals surface area contributed by atoms with E-state index in [2.05, 4.69) is 25.6 Å². The Hall–Kier alpha value is -2.93. The molecule has 3 aromatic heterocycles. The van der Waals surface area contributed by atoms with Gasteiger partial charge in [0.25, 0.3) is 0 Å². The van der Waals surface area contributed by atoms with Gasteiger partial charge in [0, 0.05) is 35.7 Å². The maximum absolute atomic E-state index is 5.91. The minimum absolute atomic E-state index is 0.589. The van der Waals surface area contributed by atoms with E-state index in [9.17, 15) is 0 Å². The molecule has 0 unspecified atom stereocenters. The van der Waals surface area contributed by atoms with Crippen LogP contribution in [-0.2, 0) is 6.54 Å². The number of rotatable bonds is 4. The highest BCUT2D eigenvalue weighted by molar-refractivity contribution is 6.30. The Balaban J connectivity index is 1.53. The van der Waals surface area contributed by atoms with Crippen LogP contribution in [-0.4, -0.2) is 29.4 Å². The van der Waals surface area contributed by atoms with Gasteiger partial charge in [-0.15, -0.1) is 10.2 Å². The molecule has 1 N–H and O–H groups in total. The number of benzene rings is 1. The molecule has 8 heteroatoms. The van der Waals surface area contributed by atoms with Crippen molar-refractivity contribution < 1.29 is 0 Å². The van der Waals surface area contributed by atoms with Crippen molar-refractivity contribution >= 4 is 23.1 Å². The second-order valence-electron chi connectivity index (χ2n) is 5.34. The van der Waals surface area contributed by atoms with Crippen LogP contribution in [0.2, 0.25) is 5.02 Å². The van der Waals surface area contributed by atoms with Gasteiger partial charge >= 0.3 is 0 Å². The number of anilines is 1. The summed E-state index contributed by atoms with van der Waals surface area (Å²) in [6.45, 7) is 2.49. The number of nitrogens with zero attached hydrogens (tertiary/aromatic N) is 6. The summed E-state index contributed by atoms with van der Waals surface area (Å²) in [5.41, 5.74) is 2.70. The largest absolute Gasteiger partial charge is 0.363 e. The third-order valence-electron chi connectivity index (χ3n) is 3.68. The summed E-state index contributed by atoms with van der Waals surface area (Å²) in [6, 6.07) is 7.53. The number of nitrogens with one attached hydrogen (secondary N) is 1. The topological polar surface area (TPSA) is 72.9 Å². The van der Waals surface area contributed by atoms with Crippen LogP contribution >= 0.6 is 11.6 Å². The average molecular weight is 340 g/mol. The predicted octanol–water partition coefficient (Wildman–Crippen LogP) is 2.88. The van der Waals surface area contributed by atoms with Crippen molar-refractivity contribution in [3.63, 3.8) is 0 Å². The van der Waals surface area contributed by atoms with Crippen LogP contribution in [0.1, 0.15) is 11.4 Å². The van der Waals surface area contributed by atoms with Gasteiger partial charge in [0.2, 0.25) is 5.65 Å². The Bertz CT molecular complexity index is 987. The highest BCUT2D eigenvalue weighted by Crippen LogP contribution is 2.15. The van der Waals surface area contributed by atoms with Gasteiger partial charge in [0.1, 0.15) is 5.82 Å². The molecule has 4 aromatic rings. The lowest BCUT2D eigenvalue weighted by atomic mass is 10.3. The van der Waals surface area contributed by atoms with Gasteiger partial charge in [-0.2, -0.15) is 5.10 Å². The van der Waals surface area contributed by atoms with Crippen LogP contribution in [0.4, 0.5) is 5.82 Å². The second-order valence-corrected chi connectivity index (χ2v) is 5.78. The monoisotopic (exact) mass is 339 g/mol. The average Bonchev–Trinajstić information content (AvgIpc) is 3.21. The maximum atomic E-state index is 5.91. The predicted molar refractivity (Wildman–Crippen MR) is 91.4 cm³/mol. The third kappa shape index (κ3) is 2.69. The molecule has 0 fully saturated rings. The van der Waals surface area contributed by atoms with Crippen LogP contribution < -0.4 is 5.32 Å². The summed E-state index contributed by atoms with van der Waals surface area (Å²) in [7, 11) is 0. The zero-order valence-electron chi connectivity index (χ0n) is 12.9. The molecule has 4 rings (SSSR count). The lowest BCUT2D eigenvalue weighted by Gasteiger charge is -2.05. The first-order chi connectivity index (χ1) is 11.7. The van der Waals surface area contributed by atoms with Gasteiger partial charge in [-0.1, -0.05) is 11.6 Å². The molecule has 0 atom stereocenters. The van der Waals surface area contributed by atoms with Crippen LogP contribution in [0.25, 0.3) is 11.3 Å². The van der Waals surface area contributed by atoms with Crippen molar-refractivity contribution in [3.8, 4) is 5.69 Å². The van der Waals surface area contributed by atoms with Crippen LogP contribution in [0.3, 0.4) is 0 Å². The number of aromatic nitrogens is 6. The van der Waals surface area contributed by atoms with Crippen molar-refractivity contribution in [3.05, 3.63) is 65.5 Å². The van der Waals surface area contributed by atoms with Crippen molar-refractivity contribution in [2.75, 3.05) is 5.32 Å². The van der Waals surface area contributed by atoms with Crippen molar-refractivity contribution in [1.29, 1.82) is 0 Å². The van der Waals surface area contributed by atoms with E-state index >= 15 is 0 Å². The highest BCUT2D eigenvalue weighted by atomic mass is 35.5. The Kier molecular flexibility index (Phi) is 3.62. The Morgan fingerprint density at radius 1 is 1.17 bits per heavy atom. The molecule has 0 radical (unpaired) electrons. The van der Waals surface area contributed by atoms with E-state index in [-0.39, 0.29) is 0 Å². The number of aryl methyl sites for hydroxylation is 1. The molecule has 0 aliphatic carbocycles. The molecule has 1 aromatic carbocycles. The maximum Gasteiger partial charge on any atom is 0.203 e. The quantitative estimate of drug-likeness (QED) is 0.619. The molecule has 0 bridgehead atoms. The Morgan fingerprint density at radius 2 is 2.00 bits per heavy atom. The smallest absolute Gasteiger partial charge is 0.203 e. The third-order valence-corrected chi connectivity index (χ3v) is 3.94. The zero-order chi connectivity index (χ0) is 16.5. The fourth-order valence-electron chi connectivity index (χ4n) is 2.44. The second kappa shape index (κ2) is 5.93. The van der Waals surface area contributed by atoms with E-state index in [1.54, 1.807) is 6.20 Å². The van der Waals surface area contributed by atoms with Crippen molar-refractivity contribution in [2.24, 2.45) is 0 Å². The van der Waals surface area contributed by atoms with E-state index in [0.29, 0.717) is 23.0 Å². The zero-order valence-corrected chi connectivity index (χ0v) is 13.6. The number of halogens is 1. The summed E-state index contributed by atoms with van der Waals surface area (Å²) in [4.78, 5) is 4.33. The first kappa shape index (κ1) is 14.6. The number of hydrogen-bond acceptors (Lipinski definition) is 5. The summed E-state index contributed by atoms with van der Waals surface area (Å²) in [5.74, 6) is 1.52. The molecule has 0 aliphatic heterocycles. The normalized spacial score (nSPS) is 11.1. The summed E-state index contributed by atoms with van der Waals surface area (Å²) < 4.78 is 3.70. The van der Waals surface area contributed by atoms with Crippen LogP contribution in [0.5, 0.6) is 0 Å². The van der Waals surface area contributed by atoms with E-state index in [1.807, 2.05) is 58.9 Å². The van der Waals surface area contributed by atoms with Gasteiger partial charge in [0.15, 0.2) is 5.82 Å². The van der Waals surface area contributed by atoms with Gasteiger partial charge in [0.05, 0.1) is 11.9 Å². The molecule has 24 heavy (non-hydrogen) atoms. The molecule has 0 amide bonds. The molecule has 7 nitrogen and oxygen atoms in total. The van der Waals surface area contributed by atoms with E-state index in [4.69, 9.17) is 11.6 Å². The molecule has 120 valence electrons. The first-order valence-corrected chi connectivity index (χ1v) is 7.78. The van der Waals surface area contributed by atoms with Gasteiger partial charge < -0.3 is 5.32 Å². The van der Waals surface area contributed by atoms with Crippen molar-refractivity contribution in [1.82, 2.24) is 29.4 Å². The van der Waals surface area contributed by atoms with E-state index < -0.39 is 0 Å². The molecule has 3 heterocycles. The molecule has 0 aliphatic rings. The summed E-state index contributed by atoms with van der Waals surface area (Å²) >= 11 is 5.91. The fraction of sp³-hybridized carbons (Fsp3) is 0.125. The van der Waals surface area contributed by atoms with E-state index in [0.717, 1.165) is 17.1 Å². The lowest BCUT2D eigenvalue weighted by Crippen LogP contribution is -2.03. The summed E-state index contributed by atoms with van der Waals surface area (Å²) in [5, 5.41) is 16.6. The molecular weight excluding hydrogens is 326 g/mol. The van der Waals surface area contributed by atoms with Gasteiger partial charge in [-0.25, -0.2) is 9.67 Å². The molecule has 0 spiro atoms.